The van der Waals surface area contributed by atoms with Crippen LogP contribution in [0.2, 0.25) is 0 Å². The van der Waals surface area contributed by atoms with Crippen LogP contribution in [0.25, 0.3) is 0 Å². The molecule has 0 aliphatic rings. The van der Waals surface area contributed by atoms with E-state index in [9.17, 15) is 4.79 Å². The van der Waals surface area contributed by atoms with Gasteiger partial charge in [-0.3, -0.25) is 4.79 Å². The van der Waals surface area contributed by atoms with E-state index in [-0.39, 0.29) is 5.91 Å². The van der Waals surface area contributed by atoms with Crippen LogP contribution in [0.3, 0.4) is 0 Å². The first-order valence-electron chi connectivity index (χ1n) is 7.80. The van der Waals surface area contributed by atoms with Gasteiger partial charge in [0.05, 0.1) is 12.7 Å². The molecule has 0 aliphatic heterocycles. The fourth-order valence-corrected chi connectivity index (χ4v) is 2.35. The summed E-state index contributed by atoms with van der Waals surface area (Å²) in [7, 11) is 1.66. The Morgan fingerprint density at radius 1 is 1.17 bits per heavy atom. The number of amides is 1. The van der Waals surface area contributed by atoms with Crippen LogP contribution in [0.5, 0.6) is 5.75 Å². The van der Waals surface area contributed by atoms with Gasteiger partial charge in [-0.2, -0.15) is 0 Å². The van der Waals surface area contributed by atoms with Crippen molar-refractivity contribution in [3.05, 3.63) is 53.7 Å². The van der Waals surface area contributed by atoms with Crippen molar-refractivity contribution in [2.75, 3.05) is 25.5 Å². The summed E-state index contributed by atoms with van der Waals surface area (Å²) in [5.74, 6) is 1.58. The van der Waals surface area contributed by atoms with E-state index in [2.05, 4.69) is 10.3 Å². The van der Waals surface area contributed by atoms with Crippen molar-refractivity contribution in [3.63, 3.8) is 0 Å². The number of benzene rings is 1. The molecule has 0 unspecified atom stereocenters. The van der Waals surface area contributed by atoms with E-state index in [1.165, 1.54) is 0 Å². The van der Waals surface area contributed by atoms with Crippen molar-refractivity contribution >= 4 is 11.7 Å². The highest BCUT2D eigenvalue weighted by molar-refractivity contribution is 5.94. The van der Waals surface area contributed by atoms with Gasteiger partial charge in [0.15, 0.2) is 0 Å². The van der Waals surface area contributed by atoms with Crippen LogP contribution < -0.4 is 10.1 Å². The van der Waals surface area contributed by atoms with Crippen molar-refractivity contribution in [2.24, 2.45) is 0 Å². The first-order valence-corrected chi connectivity index (χ1v) is 7.80. The summed E-state index contributed by atoms with van der Waals surface area (Å²) in [5.41, 5.74) is 1.66. The van der Waals surface area contributed by atoms with Gasteiger partial charge in [0.1, 0.15) is 11.6 Å². The zero-order valence-electron chi connectivity index (χ0n) is 13.9. The predicted octanol–water partition coefficient (Wildman–Crippen LogP) is 3.18. The van der Waals surface area contributed by atoms with E-state index < -0.39 is 0 Å². The molecule has 0 spiro atoms. The van der Waals surface area contributed by atoms with Gasteiger partial charge in [-0.1, -0.05) is 18.2 Å². The molecule has 1 aromatic heterocycles. The molecule has 2 aromatic rings. The van der Waals surface area contributed by atoms with Gasteiger partial charge in [0.2, 0.25) is 0 Å². The lowest BCUT2D eigenvalue weighted by molar-refractivity contribution is 0.0772. The Bertz CT molecular complexity index is 637. The van der Waals surface area contributed by atoms with Gasteiger partial charge in [-0.05, 0) is 32.0 Å². The van der Waals surface area contributed by atoms with Gasteiger partial charge >= 0.3 is 0 Å². The number of nitrogens with zero attached hydrogens (tertiary/aromatic N) is 2. The quantitative estimate of drug-likeness (QED) is 0.853. The minimum atomic E-state index is 0.0128. The molecule has 5 heteroatoms. The maximum atomic E-state index is 12.2. The molecule has 0 saturated heterocycles. The monoisotopic (exact) mass is 313 g/mol. The lowest BCUT2D eigenvalue weighted by Crippen LogP contribution is -2.30. The molecule has 0 atom stereocenters. The van der Waals surface area contributed by atoms with Crippen molar-refractivity contribution in [3.8, 4) is 5.75 Å². The highest BCUT2D eigenvalue weighted by Gasteiger charge is 2.12. The predicted molar refractivity (Wildman–Crippen MR) is 91.8 cm³/mol. The Hall–Kier alpha value is -2.56. The SMILES string of the molecule is CCN(CC)C(=O)c1ccc(NCc2ccccc2OC)nc1. The third-order valence-corrected chi connectivity index (χ3v) is 3.71. The molecule has 5 nitrogen and oxygen atoms in total. The summed E-state index contributed by atoms with van der Waals surface area (Å²) < 4.78 is 5.32. The van der Waals surface area contributed by atoms with E-state index in [1.54, 1.807) is 24.3 Å². The topological polar surface area (TPSA) is 54.5 Å². The minimum Gasteiger partial charge on any atom is -0.496 e. The van der Waals surface area contributed by atoms with Gasteiger partial charge in [0.25, 0.3) is 5.91 Å². The number of ether oxygens (including phenoxy) is 1. The molecule has 0 aliphatic carbocycles. The molecule has 0 saturated carbocycles. The summed E-state index contributed by atoms with van der Waals surface area (Å²) in [5, 5.41) is 3.24. The maximum absolute atomic E-state index is 12.2. The Morgan fingerprint density at radius 3 is 2.52 bits per heavy atom. The van der Waals surface area contributed by atoms with Crippen LogP contribution in [0.4, 0.5) is 5.82 Å². The van der Waals surface area contributed by atoms with Crippen LogP contribution in [-0.4, -0.2) is 36.0 Å². The van der Waals surface area contributed by atoms with Gasteiger partial charge in [0, 0.05) is 31.4 Å². The highest BCUT2D eigenvalue weighted by Crippen LogP contribution is 2.18. The molecule has 23 heavy (non-hydrogen) atoms. The normalized spacial score (nSPS) is 10.2. The van der Waals surface area contributed by atoms with Crippen molar-refractivity contribution < 1.29 is 9.53 Å². The summed E-state index contributed by atoms with van der Waals surface area (Å²) in [6.07, 6.45) is 1.62. The number of aromatic nitrogens is 1. The van der Waals surface area contributed by atoms with Crippen LogP contribution in [0.15, 0.2) is 42.6 Å². The third-order valence-electron chi connectivity index (χ3n) is 3.71. The summed E-state index contributed by atoms with van der Waals surface area (Å²) in [4.78, 5) is 18.3. The molecule has 0 fully saturated rings. The van der Waals surface area contributed by atoms with Gasteiger partial charge in [-0.25, -0.2) is 4.98 Å². The average Bonchev–Trinajstić information content (AvgIpc) is 2.61. The van der Waals surface area contributed by atoms with Gasteiger partial charge < -0.3 is 15.0 Å². The van der Waals surface area contributed by atoms with Crippen LogP contribution >= 0.6 is 0 Å². The van der Waals surface area contributed by atoms with Crippen LogP contribution in [-0.2, 0) is 6.54 Å². The molecule has 1 amide bonds. The number of hydrogen-bond donors (Lipinski definition) is 1. The Balaban J connectivity index is 2.01. The second-order valence-electron chi connectivity index (χ2n) is 5.07. The number of pyridine rings is 1. The Morgan fingerprint density at radius 2 is 1.91 bits per heavy atom. The van der Waals surface area contributed by atoms with Crippen molar-refractivity contribution in [1.82, 2.24) is 9.88 Å². The second-order valence-corrected chi connectivity index (χ2v) is 5.07. The number of methoxy groups -OCH3 is 1. The number of anilines is 1. The number of carbonyl (C=O) groups excluding carboxylic acids is 1. The molecular formula is C18H23N3O2. The van der Waals surface area contributed by atoms with E-state index in [0.29, 0.717) is 25.2 Å². The molecular weight excluding hydrogens is 290 g/mol. The Labute approximate surface area is 137 Å². The largest absolute Gasteiger partial charge is 0.496 e. The summed E-state index contributed by atoms with van der Waals surface area (Å²) in [6, 6.07) is 11.5. The number of rotatable bonds is 7. The highest BCUT2D eigenvalue weighted by atomic mass is 16.5. The van der Waals surface area contributed by atoms with Crippen LogP contribution in [0, 0.1) is 0 Å². The molecule has 1 aromatic carbocycles. The Kier molecular flexibility index (Phi) is 5.97. The molecule has 0 bridgehead atoms. The molecule has 1 heterocycles. The summed E-state index contributed by atoms with van der Waals surface area (Å²) in [6.45, 7) is 5.95. The lowest BCUT2D eigenvalue weighted by atomic mass is 10.2. The summed E-state index contributed by atoms with van der Waals surface area (Å²) >= 11 is 0. The first kappa shape index (κ1) is 16.8. The zero-order chi connectivity index (χ0) is 16.7. The van der Waals surface area contributed by atoms with E-state index in [4.69, 9.17) is 4.74 Å². The first-order chi connectivity index (χ1) is 11.2. The number of carbonyl (C=O) groups is 1. The number of para-hydroxylation sites is 1. The van der Waals surface area contributed by atoms with E-state index >= 15 is 0 Å². The zero-order valence-corrected chi connectivity index (χ0v) is 13.9. The molecule has 2 rings (SSSR count). The van der Waals surface area contributed by atoms with Crippen molar-refractivity contribution in [1.29, 1.82) is 0 Å². The van der Waals surface area contributed by atoms with Crippen molar-refractivity contribution in [2.45, 2.75) is 20.4 Å². The average molecular weight is 313 g/mol. The maximum Gasteiger partial charge on any atom is 0.255 e. The standard InChI is InChI=1S/C18H23N3O2/c1-4-21(5-2)18(22)15-10-11-17(20-13-15)19-12-14-8-6-7-9-16(14)23-3/h6-11,13H,4-5,12H2,1-3H3,(H,19,20). The molecule has 122 valence electrons. The second kappa shape index (κ2) is 8.17. The lowest BCUT2D eigenvalue weighted by Gasteiger charge is -2.18. The minimum absolute atomic E-state index is 0.0128. The number of nitrogens with one attached hydrogen (secondary N) is 1. The van der Waals surface area contributed by atoms with E-state index in [0.717, 1.165) is 17.1 Å². The smallest absolute Gasteiger partial charge is 0.255 e. The van der Waals surface area contributed by atoms with E-state index in [1.807, 2.05) is 44.2 Å². The third kappa shape index (κ3) is 4.22. The molecule has 0 radical (unpaired) electrons. The molecule has 1 N–H and O–H groups in total. The van der Waals surface area contributed by atoms with Gasteiger partial charge in [-0.15, -0.1) is 0 Å². The fourth-order valence-electron chi connectivity index (χ4n) is 2.35. The fraction of sp³-hybridized carbons (Fsp3) is 0.333. The van der Waals surface area contributed by atoms with Crippen LogP contribution in [0.1, 0.15) is 29.8 Å². The number of hydrogen-bond acceptors (Lipinski definition) is 4.